The van der Waals surface area contributed by atoms with E-state index in [1.54, 1.807) is 7.11 Å². The molecule has 0 aliphatic carbocycles. The molecule has 32 heavy (non-hydrogen) atoms. The summed E-state index contributed by atoms with van der Waals surface area (Å²) in [5.41, 5.74) is 5.92. The summed E-state index contributed by atoms with van der Waals surface area (Å²) >= 11 is 0. The fraction of sp³-hybridized carbons (Fsp3) is 0.423. The second kappa shape index (κ2) is 8.51. The Bertz CT molecular complexity index is 1120. The molecule has 0 radical (unpaired) electrons. The predicted octanol–water partition coefficient (Wildman–Crippen LogP) is 4.55. The summed E-state index contributed by atoms with van der Waals surface area (Å²) in [6.45, 7) is 7.87. The molecular weight excluding hydrogens is 404 g/mol. The zero-order valence-electron chi connectivity index (χ0n) is 19.9. The van der Waals surface area contributed by atoms with E-state index >= 15 is 0 Å². The molecule has 1 aromatic heterocycles. The number of rotatable bonds is 3. The van der Waals surface area contributed by atoms with Gasteiger partial charge in [-0.1, -0.05) is 0 Å². The Kier molecular flexibility index (Phi) is 5.91. The summed E-state index contributed by atoms with van der Waals surface area (Å²) in [4.78, 5) is 13.0. The van der Waals surface area contributed by atoms with Crippen LogP contribution in [0.5, 0.6) is 11.5 Å². The van der Waals surface area contributed by atoms with Gasteiger partial charge in [0.15, 0.2) is 0 Å². The number of aryl methyl sites for hydroxylation is 1. The first-order chi connectivity index (χ1) is 15.3. The first-order valence-corrected chi connectivity index (χ1v) is 11.2. The van der Waals surface area contributed by atoms with Crippen LogP contribution < -0.4 is 9.47 Å². The van der Waals surface area contributed by atoms with E-state index in [0.717, 1.165) is 52.3 Å². The lowest BCUT2D eigenvalue weighted by molar-refractivity contribution is -0.975. The van der Waals surface area contributed by atoms with Gasteiger partial charge in [-0.05, 0) is 62.2 Å². The van der Waals surface area contributed by atoms with Crippen LogP contribution in [0.2, 0.25) is 0 Å². The van der Waals surface area contributed by atoms with E-state index < -0.39 is 0 Å². The number of aromatic nitrogens is 1. The molecule has 0 amide bonds. The van der Waals surface area contributed by atoms with Crippen molar-refractivity contribution in [2.75, 3.05) is 27.3 Å². The van der Waals surface area contributed by atoms with Crippen molar-refractivity contribution in [1.29, 1.82) is 0 Å². The third kappa shape index (κ3) is 3.73. The quantitative estimate of drug-likeness (QED) is 0.522. The molecular formula is C26H33N2O4+. The Labute approximate surface area is 190 Å². The Balaban J connectivity index is 1.91. The minimum absolute atomic E-state index is 0.101. The lowest BCUT2D eigenvalue weighted by Gasteiger charge is -2.47. The molecule has 2 aliphatic rings. The Morgan fingerprint density at radius 3 is 2.78 bits per heavy atom. The maximum absolute atomic E-state index is 13.0. The summed E-state index contributed by atoms with van der Waals surface area (Å²) in [5, 5.41) is 0. The predicted molar refractivity (Wildman–Crippen MR) is 123 cm³/mol. The van der Waals surface area contributed by atoms with Crippen LogP contribution in [-0.4, -0.2) is 42.3 Å². The molecule has 170 valence electrons. The molecule has 2 aliphatic heterocycles. The van der Waals surface area contributed by atoms with E-state index in [0.29, 0.717) is 12.2 Å². The summed E-state index contributed by atoms with van der Waals surface area (Å²) in [6, 6.07) is 10.2. The van der Waals surface area contributed by atoms with Crippen LogP contribution in [-0.2, 0) is 24.8 Å². The smallest absolute Gasteiger partial charge is 0.340 e. The summed E-state index contributed by atoms with van der Waals surface area (Å²) in [5.74, 6) is 1.39. The average molecular weight is 438 g/mol. The maximum Gasteiger partial charge on any atom is 0.340 e. The largest absolute Gasteiger partial charge is 0.497 e. The van der Waals surface area contributed by atoms with E-state index in [1.807, 2.05) is 56.8 Å². The number of carbonyl (C=O) groups is 1. The molecule has 0 saturated heterocycles. The molecule has 3 heterocycles. The van der Waals surface area contributed by atoms with E-state index in [1.165, 1.54) is 11.1 Å². The second-order valence-electron chi connectivity index (χ2n) is 8.91. The monoisotopic (exact) mass is 437 g/mol. The van der Waals surface area contributed by atoms with Crippen molar-refractivity contribution >= 4 is 5.97 Å². The second-order valence-corrected chi connectivity index (χ2v) is 8.91. The summed E-state index contributed by atoms with van der Waals surface area (Å²) < 4.78 is 20.3. The van der Waals surface area contributed by atoms with Gasteiger partial charge in [-0.15, -0.1) is 0 Å². The van der Waals surface area contributed by atoms with Crippen LogP contribution in [0.25, 0.3) is 0 Å². The molecule has 0 fully saturated rings. The Morgan fingerprint density at radius 2 is 2.06 bits per heavy atom. The fourth-order valence-corrected chi connectivity index (χ4v) is 4.90. The number of fused-ring (bicyclic) bond motifs is 4. The lowest BCUT2D eigenvalue weighted by Crippen LogP contribution is -2.54. The fourth-order valence-electron chi connectivity index (χ4n) is 4.90. The minimum atomic E-state index is -0.294. The number of quaternary nitrogens is 1. The minimum Gasteiger partial charge on any atom is -0.497 e. The highest BCUT2D eigenvalue weighted by Gasteiger charge is 2.45. The number of carbonyl (C=O) groups excluding carboxylic acids is 1. The van der Waals surface area contributed by atoms with Gasteiger partial charge in [0, 0.05) is 25.4 Å². The molecule has 2 aromatic rings. The Morgan fingerprint density at radius 1 is 1.28 bits per heavy atom. The number of methoxy groups -OCH3 is 1. The number of ether oxygens (including phenoxy) is 3. The zero-order valence-corrected chi connectivity index (χ0v) is 19.9. The molecule has 4 rings (SSSR count). The summed E-state index contributed by atoms with van der Waals surface area (Å²) in [7, 11) is 5.88. The lowest BCUT2D eigenvalue weighted by atomic mass is 9.92. The van der Waals surface area contributed by atoms with Crippen molar-refractivity contribution in [2.45, 2.75) is 40.0 Å². The molecule has 6 nitrogen and oxygen atoms in total. The van der Waals surface area contributed by atoms with Crippen LogP contribution in [0.4, 0.5) is 0 Å². The third-order valence-electron chi connectivity index (χ3n) is 6.89. The van der Waals surface area contributed by atoms with Gasteiger partial charge < -0.3 is 18.8 Å². The van der Waals surface area contributed by atoms with Crippen molar-refractivity contribution < 1.29 is 23.5 Å². The van der Waals surface area contributed by atoms with Crippen LogP contribution in [0, 0.1) is 13.8 Å². The van der Waals surface area contributed by atoms with Gasteiger partial charge in [-0.25, -0.2) is 4.79 Å². The number of benzene rings is 1. The van der Waals surface area contributed by atoms with Crippen molar-refractivity contribution in [2.24, 2.45) is 7.05 Å². The van der Waals surface area contributed by atoms with Crippen LogP contribution in [0.3, 0.4) is 0 Å². The topological polar surface area (TPSA) is 49.7 Å². The van der Waals surface area contributed by atoms with Crippen molar-refractivity contribution in [3.8, 4) is 11.5 Å². The van der Waals surface area contributed by atoms with Gasteiger partial charge in [0.2, 0.25) is 0 Å². The zero-order chi connectivity index (χ0) is 23.0. The molecule has 0 spiro atoms. The van der Waals surface area contributed by atoms with Gasteiger partial charge in [-0.3, -0.25) is 4.48 Å². The standard InChI is InChI=1S/C26H33N2O4/c1-7-31-26(29)24-17(2)22-16-28(5)14-12-19-15-20(30-6)10-11-21(19)25(28)32-23(22)9-8-13-27(4)18(24)3/h8-11,13,15,25H,7,12,14,16H2,1-6H3/q+1. The normalized spacial score (nSPS) is 20.8. The highest BCUT2D eigenvalue weighted by atomic mass is 16.5. The number of hydrogen-bond donors (Lipinski definition) is 0. The molecule has 2 atom stereocenters. The number of esters is 1. The highest BCUT2D eigenvalue weighted by molar-refractivity contribution is 5.92. The third-order valence-corrected chi connectivity index (χ3v) is 6.89. The first-order valence-electron chi connectivity index (χ1n) is 11.2. The van der Waals surface area contributed by atoms with E-state index in [4.69, 9.17) is 14.2 Å². The van der Waals surface area contributed by atoms with Crippen molar-refractivity contribution in [3.05, 3.63) is 70.0 Å². The van der Waals surface area contributed by atoms with Crippen molar-refractivity contribution in [1.82, 2.24) is 4.57 Å². The first kappa shape index (κ1) is 22.2. The highest BCUT2D eigenvalue weighted by Crippen LogP contribution is 2.45. The number of likely N-dealkylation sites (N-methyl/N-ethyl adjacent to an activating group) is 1. The summed E-state index contributed by atoms with van der Waals surface area (Å²) in [6.07, 6.45) is 2.80. The van der Waals surface area contributed by atoms with Gasteiger partial charge in [0.25, 0.3) is 6.23 Å². The maximum atomic E-state index is 13.0. The van der Waals surface area contributed by atoms with Crippen LogP contribution in [0.15, 0.2) is 36.5 Å². The Hall–Kier alpha value is -2.99. The molecule has 0 N–H and O–H groups in total. The average Bonchev–Trinajstić information content (AvgIpc) is 2.81. The molecule has 0 saturated carbocycles. The van der Waals surface area contributed by atoms with E-state index in [-0.39, 0.29) is 12.2 Å². The molecule has 2 unspecified atom stereocenters. The van der Waals surface area contributed by atoms with Crippen LogP contribution in [0.1, 0.15) is 51.5 Å². The molecule has 0 bridgehead atoms. The molecule has 6 heteroatoms. The molecule has 1 aromatic carbocycles. The SMILES string of the molecule is CCOC(=O)c1c(C)c2c(cccn(C)c1C)OC1c3ccc(OC)cc3CC[N+]1(C)C2. The number of nitrogens with zero attached hydrogens (tertiary/aromatic N) is 2. The van der Waals surface area contributed by atoms with Gasteiger partial charge in [0.1, 0.15) is 18.0 Å². The number of hydrogen-bond acceptors (Lipinski definition) is 4. The van der Waals surface area contributed by atoms with E-state index in [9.17, 15) is 4.79 Å². The van der Waals surface area contributed by atoms with Gasteiger partial charge in [-0.2, -0.15) is 0 Å². The van der Waals surface area contributed by atoms with Crippen molar-refractivity contribution in [3.63, 3.8) is 0 Å². The van der Waals surface area contributed by atoms with Crippen LogP contribution >= 0.6 is 0 Å². The van der Waals surface area contributed by atoms with Gasteiger partial charge in [0.05, 0.1) is 44.0 Å². The van der Waals surface area contributed by atoms with Gasteiger partial charge >= 0.3 is 5.97 Å². The van der Waals surface area contributed by atoms with E-state index in [2.05, 4.69) is 19.2 Å².